The van der Waals surface area contributed by atoms with E-state index in [0.29, 0.717) is 10.8 Å². The molecule has 38 heavy (non-hydrogen) atoms. The molecule has 1 saturated heterocycles. The molecule has 0 amide bonds. The highest BCUT2D eigenvalue weighted by molar-refractivity contribution is 7.92. The summed E-state index contributed by atoms with van der Waals surface area (Å²) in [6.45, 7) is 8.28. The van der Waals surface area contributed by atoms with Crippen molar-refractivity contribution in [3.8, 4) is 5.69 Å². The number of nitrogens with zero attached hydrogens (tertiary/aromatic N) is 3. The molecule has 2 atom stereocenters. The zero-order chi connectivity index (χ0) is 27.2. The van der Waals surface area contributed by atoms with Gasteiger partial charge in [-0.1, -0.05) is 24.3 Å². The lowest BCUT2D eigenvalue weighted by molar-refractivity contribution is 0.565. The Kier molecular flexibility index (Phi) is 6.75. The second kappa shape index (κ2) is 9.89. The van der Waals surface area contributed by atoms with Crippen LogP contribution in [0.2, 0.25) is 0 Å². The number of hydrogen-bond acceptors (Lipinski definition) is 4. The number of hydrogen-bond donors (Lipinski definition) is 2. The molecule has 0 unspecified atom stereocenters. The SMILES string of the molecule is Cc1cc(N2C(=S)N[C@H](c3ccccn3)[C@H]2c2cc(C)n(-c3ccccc3C)c2C)ccc1NS(C)(=O)=O. The van der Waals surface area contributed by atoms with Gasteiger partial charge in [0, 0.05) is 29.0 Å². The first-order valence-electron chi connectivity index (χ1n) is 12.4. The Bertz CT molecular complexity index is 1630. The van der Waals surface area contributed by atoms with E-state index in [9.17, 15) is 8.42 Å². The Morgan fingerprint density at radius 3 is 2.34 bits per heavy atom. The Morgan fingerprint density at radius 2 is 1.68 bits per heavy atom. The molecule has 0 bridgehead atoms. The van der Waals surface area contributed by atoms with E-state index < -0.39 is 10.0 Å². The van der Waals surface area contributed by atoms with E-state index in [-0.39, 0.29) is 12.1 Å². The molecule has 3 heterocycles. The van der Waals surface area contributed by atoms with Gasteiger partial charge in [-0.05, 0) is 99.1 Å². The van der Waals surface area contributed by atoms with E-state index in [1.807, 2.05) is 37.3 Å². The number of benzene rings is 2. The molecule has 2 aromatic carbocycles. The number of aromatic nitrogens is 2. The van der Waals surface area contributed by atoms with Gasteiger partial charge in [-0.2, -0.15) is 0 Å². The van der Waals surface area contributed by atoms with Crippen molar-refractivity contribution in [3.63, 3.8) is 0 Å². The van der Waals surface area contributed by atoms with Crippen LogP contribution in [0.15, 0.2) is 72.9 Å². The second-order valence-corrected chi connectivity index (χ2v) is 12.0. The Morgan fingerprint density at radius 1 is 0.947 bits per heavy atom. The van der Waals surface area contributed by atoms with Crippen molar-refractivity contribution in [1.29, 1.82) is 0 Å². The van der Waals surface area contributed by atoms with Gasteiger partial charge in [0.15, 0.2) is 5.11 Å². The Balaban J connectivity index is 1.66. The van der Waals surface area contributed by atoms with Crippen LogP contribution in [-0.2, 0) is 10.0 Å². The number of thiocarbonyl (C=S) groups is 1. The monoisotopic (exact) mass is 545 g/mol. The number of pyridine rings is 1. The molecule has 0 saturated carbocycles. The standard InChI is InChI=1S/C29H31N5O2S2/c1-18-10-6-7-12-26(18)33-20(3)17-23(21(33)4)28-27(25-11-8-9-15-30-25)31-29(37)34(28)22-13-14-24(19(2)16-22)32-38(5,35)36/h6-17,27-28,32H,1-5H3,(H,31,37)/t27-,28-/m1/s1. The molecule has 4 aromatic rings. The lowest BCUT2D eigenvalue weighted by Crippen LogP contribution is -2.29. The normalized spacial score (nSPS) is 17.5. The molecule has 1 aliphatic rings. The molecular weight excluding hydrogens is 514 g/mol. The molecule has 1 aliphatic heterocycles. The van der Waals surface area contributed by atoms with E-state index in [1.54, 1.807) is 12.3 Å². The summed E-state index contributed by atoms with van der Waals surface area (Å²) < 4.78 is 28.6. The number of nitrogens with one attached hydrogen (secondary N) is 2. The molecule has 9 heteroatoms. The van der Waals surface area contributed by atoms with Gasteiger partial charge in [0.05, 0.1) is 29.7 Å². The zero-order valence-electron chi connectivity index (χ0n) is 22.1. The lowest BCUT2D eigenvalue weighted by atomic mass is 9.96. The maximum absolute atomic E-state index is 11.8. The van der Waals surface area contributed by atoms with Crippen molar-refractivity contribution < 1.29 is 8.42 Å². The highest BCUT2D eigenvalue weighted by Gasteiger charge is 2.42. The van der Waals surface area contributed by atoms with E-state index in [0.717, 1.165) is 45.8 Å². The summed E-state index contributed by atoms with van der Waals surface area (Å²) in [7, 11) is -3.39. The summed E-state index contributed by atoms with van der Waals surface area (Å²) in [5.41, 5.74) is 8.88. The molecule has 2 aromatic heterocycles. The minimum Gasteiger partial charge on any atom is -0.351 e. The summed E-state index contributed by atoms with van der Waals surface area (Å²) in [4.78, 5) is 6.79. The van der Waals surface area contributed by atoms with Crippen molar-refractivity contribution in [1.82, 2.24) is 14.9 Å². The van der Waals surface area contributed by atoms with E-state index in [2.05, 4.69) is 75.6 Å². The van der Waals surface area contributed by atoms with E-state index >= 15 is 0 Å². The lowest BCUT2D eigenvalue weighted by Gasteiger charge is -2.29. The summed E-state index contributed by atoms with van der Waals surface area (Å²) >= 11 is 5.91. The molecule has 196 valence electrons. The van der Waals surface area contributed by atoms with Crippen LogP contribution in [0, 0.1) is 27.7 Å². The number of rotatable bonds is 6. The van der Waals surface area contributed by atoms with Gasteiger partial charge in [-0.15, -0.1) is 0 Å². The summed E-state index contributed by atoms with van der Waals surface area (Å²) in [6.07, 6.45) is 2.95. The average Bonchev–Trinajstić information content (AvgIpc) is 3.36. The van der Waals surface area contributed by atoms with Gasteiger partial charge < -0.3 is 14.8 Å². The number of aryl methyl sites for hydroxylation is 3. The largest absolute Gasteiger partial charge is 0.351 e. The molecule has 1 fully saturated rings. The third-order valence-corrected chi connectivity index (χ3v) is 7.93. The topological polar surface area (TPSA) is 79.3 Å². The fraction of sp³-hybridized carbons (Fsp3) is 0.241. The van der Waals surface area contributed by atoms with Gasteiger partial charge in [-0.25, -0.2) is 8.42 Å². The zero-order valence-corrected chi connectivity index (χ0v) is 23.7. The van der Waals surface area contributed by atoms with Gasteiger partial charge >= 0.3 is 0 Å². The van der Waals surface area contributed by atoms with Crippen LogP contribution >= 0.6 is 12.2 Å². The summed E-state index contributed by atoms with van der Waals surface area (Å²) in [5.74, 6) is 0. The maximum Gasteiger partial charge on any atom is 0.229 e. The van der Waals surface area contributed by atoms with Gasteiger partial charge in [-0.3, -0.25) is 9.71 Å². The minimum absolute atomic E-state index is 0.172. The Hall–Kier alpha value is -3.69. The molecule has 0 radical (unpaired) electrons. The fourth-order valence-electron chi connectivity index (χ4n) is 5.33. The highest BCUT2D eigenvalue weighted by atomic mass is 32.2. The van der Waals surface area contributed by atoms with Gasteiger partial charge in [0.25, 0.3) is 0 Å². The first-order chi connectivity index (χ1) is 18.0. The van der Waals surface area contributed by atoms with Crippen LogP contribution in [0.1, 0.15) is 45.9 Å². The fourth-order valence-corrected chi connectivity index (χ4v) is 6.31. The van der Waals surface area contributed by atoms with Gasteiger partial charge in [0.2, 0.25) is 10.0 Å². The smallest absolute Gasteiger partial charge is 0.229 e. The van der Waals surface area contributed by atoms with Crippen LogP contribution in [0.4, 0.5) is 11.4 Å². The van der Waals surface area contributed by atoms with Crippen LogP contribution in [0.3, 0.4) is 0 Å². The molecule has 5 rings (SSSR count). The van der Waals surface area contributed by atoms with E-state index in [4.69, 9.17) is 12.2 Å². The highest BCUT2D eigenvalue weighted by Crippen LogP contribution is 2.44. The molecule has 7 nitrogen and oxygen atoms in total. The first kappa shape index (κ1) is 25.9. The predicted octanol–water partition coefficient (Wildman–Crippen LogP) is 5.65. The molecule has 0 spiro atoms. The minimum atomic E-state index is -3.39. The number of para-hydroxylation sites is 1. The summed E-state index contributed by atoms with van der Waals surface area (Å²) in [6, 6.07) is 21.8. The van der Waals surface area contributed by atoms with Crippen LogP contribution in [0.5, 0.6) is 0 Å². The number of sulfonamides is 1. The van der Waals surface area contributed by atoms with Crippen molar-refractivity contribution in [2.24, 2.45) is 0 Å². The van der Waals surface area contributed by atoms with Crippen molar-refractivity contribution in [2.75, 3.05) is 15.9 Å². The van der Waals surface area contributed by atoms with Crippen molar-refractivity contribution >= 4 is 38.7 Å². The van der Waals surface area contributed by atoms with Crippen molar-refractivity contribution in [2.45, 2.75) is 39.8 Å². The second-order valence-electron chi connectivity index (χ2n) is 9.82. The number of anilines is 2. The van der Waals surface area contributed by atoms with Crippen LogP contribution < -0.4 is 14.9 Å². The Labute approximate surface area is 229 Å². The van der Waals surface area contributed by atoms with Crippen LogP contribution in [-0.4, -0.2) is 29.3 Å². The van der Waals surface area contributed by atoms with E-state index in [1.165, 1.54) is 5.56 Å². The molecular formula is C29H31N5O2S2. The molecule has 2 N–H and O–H groups in total. The predicted molar refractivity (Wildman–Crippen MR) is 158 cm³/mol. The third kappa shape index (κ3) is 4.79. The first-order valence-corrected chi connectivity index (χ1v) is 14.7. The van der Waals surface area contributed by atoms with Crippen LogP contribution in [0.25, 0.3) is 5.69 Å². The van der Waals surface area contributed by atoms with Crippen molar-refractivity contribution in [3.05, 3.63) is 107 Å². The summed E-state index contributed by atoms with van der Waals surface area (Å²) in [5, 5.41) is 4.11. The third-order valence-electron chi connectivity index (χ3n) is 7.03. The maximum atomic E-state index is 11.8. The average molecular weight is 546 g/mol. The quantitative estimate of drug-likeness (QED) is 0.305. The molecule has 0 aliphatic carbocycles. The van der Waals surface area contributed by atoms with Gasteiger partial charge in [0.1, 0.15) is 0 Å².